The second-order valence-corrected chi connectivity index (χ2v) is 7.12. The van der Waals surface area contributed by atoms with Gasteiger partial charge in [-0.25, -0.2) is 10.4 Å². The maximum atomic E-state index is 12.1. The molecule has 1 heterocycles. The number of carbonyl (C=O) groups excluding carboxylic acids is 1. The predicted molar refractivity (Wildman–Crippen MR) is 109 cm³/mol. The number of carbonyl (C=O) groups is 1. The first-order valence-corrected chi connectivity index (χ1v) is 9.24. The van der Waals surface area contributed by atoms with Gasteiger partial charge in [0.15, 0.2) is 5.13 Å². The number of hydrazone groups is 1. The summed E-state index contributed by atoms with van der Waals surface area (Å²) in [4.78, 5) is 16.5. The summed E-state index contributed by atoms with van der Waals surface area (Å²) in [7, 11) is 0. The molecular weight excluding hydrogens is 384 g/mol. The maximum Gasteiger partial charge on any atom is 0.283 e. The van der Waals surface area contributed by atoms with Crippen molar-refractivity contribution in [3.63, 3.8) is 0 Å². The Kier molecular flexibility index (Phi) is 6.05. The number of nitrogens with zero attached hydrogens (tertiary/aromatic N) is 2. The molecule has 0 aliphatic heterocycles. The van der Waals surface area contributed by atoms with Gasteiger partial charge in [0.05, 0.1) is 11.9 Å². The van der Waals surface area contributed by atoms with Crippen molar-refractivity contribution in [1.82, 2.24) is 10.4 Å². The minimum Gasteiger partial charge on any atom is -0.489 e. The monoisotopic (exact) mass is 400 g/mol. The Morgan fingerprint density at radius 2 is 2.11 bits per heavy atom. The van der Waals surface area contributed by atoms with E-state index in [1.807, 2.05) is 48.5 Å². The van der Waals surface area contributed by atoms with Crippen LogP contribution in [0.15, 0.2) is 53.6 Å². The van der Waals surface area contributed by atoms with Gasteiger partial charge in [0, 0.05) is 5.02 Å². The van der Waals surface area contributed by atoms with Crippen LogP contribution in [-0.4, -0.2) is 17.1 Å². The summed E-state index contributed by atoms with van der Waals surface area (Å²) >= 11 is 7.00. The number of hydrogen-bond donors (Lipinski definition) is 2. The summed E-state index contributed by atoms with van der Waals surface area (Å²) in [6.45, 7) is 2.16. The number of aryl methyl sites for hydroxylation is 1. The van der Waals surface area contributed by atoms with Gasteiger partial charge in [-0.05, 0) is 42.3 Å². The third-order valence-corrected chi connectivity index (χ3v) is 4.81. The van der Waals surface area contributed by atoms with Gasteiger partial charge < -0.3 is 10.5 Å². The van der Waals surface area contributed by atoms with Gasteiger partial charge in [0.25, 0.3) is 5.91 Å². The highest BCUT2D eigenvalue weighted by Gasteiger charge is 2.13. The molecular formula is C19H17ClN4O2S. The van der Waals surface area contributed by atoms with E-state index in [1.165, 1.54) is 0 Å². The quantitative estimate of drug-likeness (QED) is 0.483. The summed E-state index contributed by atoms with van der Waals surface area (Å²) in [5, 5.41) is 5.02. The lowest BCUT2D eigenvalue weighted by Crippen LogP contribution is -2.17. The Labute approximate surface area is 165 Å². The van der Waals surface area contributed by atoms with Crippen LogP contribution in [0.4, 0.5) is 5.13 Å². The van der Waals surface area contributed by atoms with Crippen LogP contribution >= 0.6 is 22.9 Å². The third-order valence-electron chi connectivity index (χ3n) is 3.58. The van der Waals surface area contributed by atoms with E-state index in [9.17, 15) is 4.79 Å². The summed E-state index contributed by atoms with van der Waals surface area (Å²) in [6, 6.07) is 14.9. The molecule has 0 unspecified atom stereocenters. The lowest BCUT2D eigenvalue weighted by molar-refractivity contribution is 0.0958. The molecule has 0 saturated carbocycles. The molecule has 1 aromatic heterocycles. The summed E-state index contributed by atoms with van der Waals surface area (Å²) in [6.07, 6.45) is 1.55. The Balaban J connectivity index is 1.58. The van der Waals surface area contributed by atoms with Crippen LogP contribution in [0.2, 0.25) is 5.02 Å². The molecule has 0 saturated heterocycles. The number of nitrogens with one attached hydrogen (secondary N) is 1. The standard InChI is InChI=1S/C19H17ClN4O2S/c1-12-17(27-19(21)23-12)18(25)24-22-10-14-3-2-4-16(9-14)26-11-13-5-7-15(20)8-6-13/h2-10H,11H2,1H3,(H2,21,23)(H,24,25)/b22-10+. The molecule has 2 aromatic carbocycles. The first-order chi connectivity index (χ1) is 13.0. The number of amides is 1. The zero-order valence-corrected chi connectivity index (χ0v) is 16.1. The lowest BCUT2D eigenvalue weighted by atomic mass is 10.2. The van der Waals surface area contributed by atoms with Crippen molar-refractivity contribution in [2.45, 2.75) is 13.5 Å². The summed E-state index contributed by atoms with van der Waals surface area (Å²) in [5.41, 5.74) is 10.5. The SMILES string of the molecule is Cc1nc(N)sc1C(=O)N/N=C/c1cccc(OCc2ccc(Cl)cc2)c1. The molecule has 8 heteroatoms. The van der Waals surface area contributed by atoms with Gasteiger partial charge in [0.2, 0.25) is 0 Å². The van der Waals surface area contributed by atoms with Crippen molar-refractivity contribution < 1.29 is 9.53 Å². The van der Waals surface area contributed by atoms with Gasteiger partial charge in [-0.15, -0.1) is 0 Å². The van der Waals surface area contributed by atoms with Crippen molar-refractivity contribution >= 4 is 40.2 Å². The average Bonchev–Trinajstić information content (AvgIpc) is 3.00. The fourth-order valence-electron chi connectivity index (χ4n) is 2.28. The highest BCUT2D eigenvalue weighted by Crippen LogP contribution is 2.19. The van der Waals surface area contributed by atoms with Crippen LogP contribution in [0.1, 0.15) is 26.5 Å². The van der Waals surface area contributed by atoms with E-state index < -0.39 is 0 Å². The molecule has 0 atom stereocenters. The molecule has 138 valence electrons. The average molecular weight is 401 g/mol. The van der Waals surface area contributed by atoms with Crippen molar-refractivity contribution in [3.05, 3.63) is 75.3 Å². The van der Waals surface area contributed by atoms with Crippen molar-refractivity contribution in [3.8, 4) is 5.75 Å². The number of nitrogens with two attached hydrogens (primary N) is 1. The van der Waals surface area contributed by atoms with E-state index in [0.29, 0.717) is 33.1 Å². The van der Waals surface area contributed by atoms with Crippen LogP contribution in [0, 0.1) is 6.92 Å². The van der Waals surface area contributed by atoms with Crippen LogP contribution in [-0.2, 0) is 6.61 Å². The zero-order chi connectivity index (χ0) is 19.2. The number of benzene rings is 2. The summed E-state index contributed by atoms with van der Waals surface area (Å²) < 4.78 is 5.78. The van der Waals surface area contributed by atoms with E-state index in [-0.39, 0.29) is 5.91 Å². The Morgan fingerprint density at radius 3 is 2.81 bits per heavy atom. The number of hydrogen-bond acceptors (Lipinski definition) is 6. The molecule has 0 spiro atoms. The maximum absolute atomic E-state index is 12.1. The van der Waals surface area contributed by atoms with Gasteiger partial charge in [-0.2, -0.15) is 5.10 Å². The normalized spacial score (nSPS) is 10.9. The molecule has 1 amide bonds. The molecule has 0 radical (unpaired) electrons. The molecule has 3 rings (SSSR count). The molecule has 27 heavy (non-hydrogen) atoms. The lowest BCUT2D eigenvalue weighted by Gasteiger charge is -2.07. The zero-order valence-electron chi connectivity index (χ0n) is 14.5. The molecule has 3 N–H and O–H groups in total. The van der Waals surface area contributed by atoms with Crippen molar-refractivity contribution in [2.75, 3.05) is 5.73 Å². The molecule has 0 bridgehead atoms. The number of anilines is 1. The number of thiazole rings is 1. The highest BCUT2D eigenvalue weighted by molar-refractivity contribution is 7.17. The van der Waals surface area contributed by atoms with Crippen LogP contribution in [0.5, 0.6) is 5.75 Å². The largest absolute Gasteiger partial charge is 0.489 e. The second-order valence-electron chi connectivity index (χ2n) is 5.65. The molecule has 6 nitrogen and oxygen atoms in total. The number of halogens is 1. The Hall–Kier alpha value is -2.90. The first-order valence-electron chi connectivity index (χ1n) is 8.05. The fourth-order valence-corrected chi connectivity index (χ4v) is 3.13. The minimum absolute atomic E-state index is 0.340. The van der Waals surface area contributed by atoms with E-state index in [2.05, 4.69) is 15.5 Å². The van der Waals surface area contributed by atoms with Gasteiger partial charge in [0.1, 0.15) is 17.2 Å². The topological polar surface area (TPSA) is 89.6 Å². The van der Waals surface area contributed by atoms with Gasteiger partial charge in [-0.1, -0.05) is 47.2 Å². The van der Waals surface area contributed by atoms with E-state index in [0.717, 1.165) is 22.5 Å². The van der Waals surface area contributed by atoms with Gasteiger partial charge >= 0.3 is 0 Å². The Bertz CT molecular complexity index is 970. The highest BCUT2D eigenvalue weighted by atomic mass is 35.5. The number of nitrogen functional groups attached to an aromatic ring is 1. The predicted octanol–water partition coefficient (Wildman–Crippen LogP) is 4.03. The number of ether oxygens (including phenoxy) is 1. The molecule has 3 aromatic rings. The van der Waals surface area contributed by atoms with Crippen molar-refractivity contribution in [1.29, 1.82) is 0 Å². The minimum atomic E-state index is -0.340. The summed E-state index contributed by atoms with van der Waals surface area (Å²) in [5.74, 6) is 0.361. The second kappa shape index (κ2) is 8.66. The van der Waals surface area contributed by atoms with E-state index in [4.69, 9.17) is 22.1 Å². The van der Waals surface area contributed by atoms with E-state index >= 15 is 0 Å². The fraction of sp³-hybridized carbons (Fsp3) is 0.105. The third kappa shape index (κ3) is 5.29. The van der Waals surface area contributed by atoms with Crippen LogP contribution in [0.25, 0.3) is 0 Å². The molecule has 0 aliphatic carbocycles. The first kappa shape index (κ1) is 18.9. The molecule has 0 aliphatic rings. The number of aromatic nitrogens is 1. The van der Waals surface area contributed by atoms with Crippen LogP contribution < -0.4 is 15.9 Å². The van der Waals surface area contributed by atoms with E-state index in [1.54, 1.807) is 13.1 Å². The number of rotatable bonds is 6. The molecule has 0 fully saturated rings. The van der Waals surface area contributed by atoms with Gasteiger partial charge in [-0.3, -0.25) is 4.79 Å². The van der Waals surface area contributed by atoms with Crippen LogP contribution in [0.3, 0.4) is 0 Å². The van der Waals surface area contributed by atoms with Crippen molar-refractivity contribution in [2.24, 2.45) is 5.10 Å². The smallest absolute Gasteiger partial charge is 0.283 e. The Morgan fingerprint density at radius 1 is 1.33 bits per heavy atom.